The first-order chi connectivity index (χ1) is 14.6. The molecule has 11 heteroatoms. The second-order valence-electron chi connectivity index (χ2n) is 7.93. The summed E-state index contributed by atoms with van der Waals surface area (Å²) in [5, 5.41) is 0. The van der Waals surface area contributed by atoms with E-state index >= 15 is 0 Å². The smallest absolute Gasteiger partial charge is 0.253 e. The molecule has 1 N–H and O–H groups in total. The third kappa shape index (κ3) is 6.55. The van der Waals surface area contributed by atoms with Gasteiger partial charge in [-0.25, -0.2) is 27.5 Å². The first-order valence-corrected chi connectivity index (χ1v) is 12.0. The molecule has 31 heavy (non-hydrogen) atoms. The number of anilines is 1. The summed E-state index contributed by atoms with van der Waals surface area (Å²) >= 11 is 0. The molecule has 0 spiro atoms. The van der Waals surface area contributed by atoms with Gasteiger partial charge in [0, 0.05) is 44.4 Å². The highest BCUT2D eigenvalue weighted by Gasteiger charge is 2.24. The summed E-state index contributed by atoms with van der Waals surface area (Å²) in [5.74, 6) is -0.400. The zero-order valence-corrected chi connectivity index (χ0v) is 18.7. The number of sulfonamides is 1. The molecule has 1 aliphatic rings. The van der Waals surface area contributed by atoms with Crippen LogP contribution in [0.3, 0.4) is 0 Å². The van der Waals surface area contributed by atoms with Crippen LogP contribution in [0.5, 0.6) is 0 Å². The van der Waals surface area contributed by atoms with Crippen LogP contribution >= 0.6 is 0 Å². The summed E-state index contributed by atoms with van der Waals surface area (Å²) in [4.78, 5) is 22.6. The van der Waals surface area contributed by atoms with E-state index in [9.17, 15) is 17.6 Å². The van der Waals surface area contributed by atoms with Crippen molar-refractivity contribution in [1.82, 2.24) is 19.3 Å². The molecular weight excluding hydrogens is 425 g/mol. The third-order valence-corrected chi connectivity index (χ3v) is 5.94. The van der Waals surface area contributed by atoms with E-state index in [1.165, 1.54) is 4.57 Å². The molecule has 0 bridgehead atoms. The van der Waals surface area contributed by atoms with Gasteiger partial charge >= 0.3 is 0 Å². The molecule has 170 valence electrons. The minimum Gasteiger partial charge on any atom is -0.377 e. The van der Waals surface area contributed by atoms with Crippen LogP contribution in [-0.2, 0) is 21.8 Å². The van der Waals surface area contributed by atoms with E-state index in [4.69, 9.17) is 4.74 Å². The number of ether oxygens (including phenoxy) is 1. The van der Waals surface area contributed by atoms with Gasteiger partial charge in [0.05, 0.1) is 31.4 Å². The summed E-state index contributed by atoms with van der Waals surface area (Å²) in [6.45, 7) is 3.51. The largest absolute Gasteiger partial charge is 0.377 e. The molecule has 0 aromatic carbocycles. The molecule has 0 saturated carbocycles. The lowest BCUT2D eigenvalue weighted by molar-refractivity contribution is 0.0283. The lowest BCUT2D eigenvalue weighted by Gasteiger charge is -2.32. The predicted molar refractivity (Wildman–Crippen MR) is 115 cm³/mol. The van der Waals surface area contributed by atoms with E-state index < -0.39 is 21.8 Å². The van der Waals surface area contributed by atoms with Gasteiger partial charge < -0.3 is 14.2 Å². The quantitative estimate of drug-likeness (QED) is 0.634. The molecule has 3 rings (SSSR count). The summed E-state index contributed by atoms with van der Waals surface area (Å²) in [6, 6.07) is 1.79. The SMILES string of the molecule is Cc1cc(C(CNS(C)(=O)=O)COC2CCN(c3ncc(F)cn3)CC2)c(=O)n(C)c1. The van der Waals surface area contributed by atoms with Gasteiger partial charge in [-0.05, 0) is 31.4 Å². The van der Waals surface area contributed by atoms with E-state index in [1.807, 2.05) is 11.8 Å². The number of aryl methyl sites for hydroxylation is 2. The van der Waals surface area contributed by atoms with Crippen LogP contribution in [0.25, 0.3) is 0 Å². The Morgan fingerprint density at radius 1 is 1.29 bits per heavy atom. The van der Waals surface area contributed by atoms with Crippen molar-refractivity contribution in [3.05, 3.63) is 52.0 Å². The van der Waals surface area contributed by atoms with Crippen LogP contribution in [0.1, 0.15) is 29.9 Å². The van der Waals surface area contributed by atoms with Gasteiger partial charge in [0.2, 0.25) is 16.0 Å². The topological polar surface area (TPSA) is 106 Å². The van der Waals surface area contributed by atoms with Crippen molar-refractivity contribution in [1.29, 1.82) is 0 Å². The normalized spacial score (nSPS) is 16.5. The number of aromatic nitrogens is 3. The number of halogens is 1. The van der Waals surface area contributed by atoms with Crippen molar-refractivity contribution in [2.45, 2.75) is 31.8 Å². The fourth-order valence-corrected chi connectivity index (χ4v) is 4.16. The zero-order valence-electron chi connectivity index (χ0n) is 17.9. The molecular formula is C20H28FN5O4S. The Hall–Kier alpha value is -2.37. The van der Waals surface area contributed by atoms with E-state index in [1.54, 1.807) is 19.3 Å². The maximum absolute atomic E-state index is 13.0. The van der Waals surface area contributed by atoms with Crippen molar-refractivity contribution in [3.63, 3.8) is 0 Å². The Morgan fingerprint density at radius 3 is 2.55 bits per heavy atom. The van der Waals surface area contributed by atoms with Crippen molar-refractivity contribution in [2.24, 2.45) is 7.05 Å². The Balaban J connectivity index is 1.64. The monoisotopic (exact) mass is 453 g/mol. The molecule has 2 aromatic rings. The van der Waals surface area contributed by atoms with E-state index in [0.29, 0.717) is 24.6 Å². The summed E-state index contributed by atoms with van der Waals surface area (Å²) in [5.41, 5.74) is 1.27. The van der Waals surface area contributed by atoms with Crippen LogP contribution in [0, 0.1) is 12.7 Å². The highest BCUT2D eigenvalue weighted by molar-refractivity contribution is 7.88. The number of rotatable bonds is 8. The number of hydrogen-bond acceptors (Lipinski definition) is 7. The molecule has 1 fully saturated rings. The molecule has 2 aromatic heterocycles. The van der Waals surface area contributed by atoms with Gasteiger partial charge in [0.15, 0.2) is 5.82 Å². The van der Waals surface area contributed by atoms with Gasteiger partial charge in [0.25, 0.3) is 5.56 Å². The fraction of sp³-hybridized carbons (Fsp3) is 0.550. The van der Waals surface area contributed by atoms with Crippen molar-refractivity contribution in [3.8, 4) is 0 Å². The van der Waals surface area contributed by atoms with Gasteiger partial charge in [-0.3, -0.25) is 4.79 Å². The molecule has 9 nitrogen and oxygen atoms in total. The summed E-state index contributed by atoms with van der Waals surface area (Å²) in [7, 11) is -1.73. The predicted octanol–water partition coefficient (Wildman–Crippen LogP) is 0.941. The van der Waals surface area contributed by atoms with Gasteiger partial charge in [-0.15, -0.1) is 0 Å². The Labute approximate surface area is 181 Å². The van der Waals surface area contributed by atoms with Gasteiger partial charge in [-0.2, -0.15) is 0 Å². The minimum atomic E-state index is -3.41. The third-order valence-electron chi connectivity index (χ3n) is 5.24. The lowest BCUT2D eigenvalue weighted by Crippen LogP contribution is -2.39. The van der Waals surface area contributed by atoms with Crippen LogP contribution in [0.2, 0.25) is 0 Å². The van der Waals surface area contributed by atoms with Crippen molar-refractivity contribution >= 4 is 16.0 Å². The average molecular weight is 454 g/mol. The van der Waals surface area contributed by atoms with Gasteiger partial charge in [-0.1, -0.05) is 0 Å². The highest BCUT2D eigenvalue weighted by Crippen LogP contribution is 2.21. The highest BCUT2D eigenvalue weighted by atomic mass is 32.2. The Morgan fingerprint density at radius 2 is 1.94 bits per heavy atom. The molecule has 1 unspecified atom stereocenters. The number of piperidine rings is 1. The fourth-order valence-electron chi connectivity index (χ4n) is 3.66. The standard InChI is InChI=1S/C20H28FN5O4S/c1-14-8-18(19(27)25(2)12-14)15(9-24-31(3,28)29)13-30-17-4-6-26(7-5-17)20-22-10-16(21)11-23-20/h8,10-12,15,17,24H,4-7,9,13H2,1-3H3. The first kappa shape index (κ1) is 23.3. The number of pyridine rings is 1. The molecule has 0 radical (unpaired) electrons. The minimum absolute atomic E-state index is 0.0360. The number of nitrogens with zero attached hydrogens (tertiary/aromatic N) is 4. The average Bonchev–Trinajstić information content (AvgIpc) is 2.71. The van der Waals surface area contributed by atoms with E-state index in [-0.39, 0.29) is 24.8 Å². The second-order valence-corrected chi connectivity index (χ2v) is 9.76. The van der Waals surface area contributed by atoms with Crippen LogP contribution in [0.15, 0.2) is 29.5 Å². The maximum Gasteiger partial charge on any atom is 0.253 e. The molecule has 1 atom stereocenters. The lowest BCUT2D eigenvalue weighted by atomic mass is 10.00. The number of nitrogens with one attached hydrogen (secondary N) is 1. The van der Waals surface area contributed by atoms with Crippen LogP contribution < -0.4 is 15.2 Å². The summed E-state index contributed by atoms with van der Waals surface area (Å²) < 4.78 is 46.3. The van der Waals surface area contributed by atoms with Crippen LogP contribution in [-0.4, -0.2) is 61.6 Å². The van der Waals surface area contributed by atoms with E-state index in [0.717, 1.165) is 37.1 Å². The molecule has 3 heterocycles. The maximum atomic E-state index is 13.0. The van der Waals surface area contributed by atoms with Crippen molar-refractivity contribution in [2.75, 3.05) is 37.4 Å². The molecule has 0 amide bonds. The zero-order chi connectivity index (χ0) is 22.6. The Bertz CT molecular complexity index is 1050. The molecule has 0 aliphatic carbocycles. The summed E-state index contributed by atoms with van der Waals surface area (Å²) in [6.07, 6.45) is 6.52. The van der Waals surface area contributed by atoms with Crippen LogP contribution in [0.4, 0.5) is 10.3 Å². The first-order valence-electron chi connectivity index (χ1n) is 10.1. The van der Waals surface area contributed by atoms with E-state index in [2.05, 4.69) is 14.7 Å². The second kappa shape index (κ2) is 9.84. The van der Waals surface area contributed by atoms with Crippen molar-refractivity contribution < 1.29 is 17.5 Å². The van der Waals surface area contributed by atoms with Gasteiger partial charge in [0.1, 0.15) is 0 Å². The molecule has 1 saturated heterocycles. The Kier molecular flexibility index (Phi) is 7.39. The molecule has 1 aliphatic heterocycles. The number of hydrogen-bond donors (Lipinski definition) is 1.